The van der Waals surface area contributed by atoms with Gasteiger partial charge in [-0.3, -0.25) is 9.59 Å². The van der Waals surface area contributed by atoms with E-state index in [-0.39, 0.29) is 24.3 Å². The number of H-pyrrole nitrogens is 1. The summed E-state index contributed by atoms with van der Waals surface area (Å²) in [5, 5.41) is 5.99. The number of carbonyl (C=O) groups excluding carboxylic acids is 2. The molecule has 2 heterocycles. The number of nitrogens with zero attached hydrogens (tertiary/aromatic N) is 1. The van der Waals surface area contributed by atoms with Crippen LogP contribution >= 0.6 is 35.1 Å². The van der Waals surface area contributed by atoms with Crippen LogP contribution in [0, 0.1) is 0 Å². The van der Waals surface area contributed by atoms with Gasteiger partial charge in [-0.25, -0.2) is 4.98 Å². The highest BCUT2D eigenvalue weighted by molar-refractivity contribution is 8.01. The summed E-state index contributed by atoms with van der Waals surface area (Å²) in [5.41, 5.74) is 2.50. The Morgan fingerprint density at radius 3 is 2.97 bits per heavy atom. The molecule has 3 aromatic rings. The normalized spacial score (nSPS) is 16.7. The number of rotatable bonds is 7. The molecular formula is C21H21ClN4O2S2. The summed E-state index contributed by atoms with van der Waals surface area (Å²) in [7, 11) is 0. The van der Waals surface area contributed by atoms with E-state index in [0.29, 0.717) is 10.7 Å². The minimum atomic E-state index is -0.490. The van der Waals surface area contributed by atoms with Gasteiger partial charge in [-0.1, -0.05) is 23.7 Å². The van der Waals surface area contributed by atoms with Crippen LogP contribution in [0.15, 0.2) is 47.4 Å². The minimum absolute atomic E-state index is 0.0918. The number of para-hydroxylation sites is 2. The Morgan fingerprint density at radius 2 is 2.17 bits per heavy atom. The number of carbonyl (C=O) groups is 2. The first-order valence-electron chi connectivity index (χ1n) is 9.53. The maximum atomic E-state index is 12.8. The summed E-state index contributed by atoms with van der Waals surface area (Å²) in [6.07, 6.45) is 2.87. The van der Waals surface area contributed by atoms with Crippen molar-refractivity contribution >= 4 is 63.7 Å². The van der Waals surface area contributed by atoms with E-state index in [1.165, 1.54) is 11.8 Å². The summed E-state index contributed by atoms with van der Waals surface area (Å²) >= 11 is 9.10. The second-order valence-corrected chi connectivity index (χ2v) is 9.65. The molecule has 0 fully saturated rings. The van der Waals surface area contributed by atoms with E-state index < -0.39 is 5.25 Å². The maximum absolute atomic E-state index is 12.8. The van der Waals surface area contributed by atoms with E-state index in [4.69, 9.17) is 11.6 Å². The van der Waals surface area contributed by atoms with Gasteiger partial charge in [0.05, 0.1) is 28.0 Å². The summed E-state index contributed by atoms with van der Waals surface area (Å²) in [4.78, 5) is 34.1. The average Bonchev–Trinajstić information content (AvgIpc) is 3.16. The fraction of sp³-hybridized carbons (Fsp3) is 0.286. The predicted molar refractivity (Wildman–Crippen MR) is 124 cm³/mol. The number of imidazole rings is 1. The Labute approximate surface area is 187 Å². The van der Waals surface area contributed by atoms with Crippen molar-refractivity contribution in [3.8, 4) is 0 Å². The first-order valence-corrected chi connectivity index (χ1v) is 12.2. The molecule has 0 radical (unpaired) electrons. The number of amides is 2. The number of benzene rings is 2. The molecule has 4 rings (SSSR count). The zero-order valence-corrected chi connectivity index (χ0v) is 18.7. The number of halogens is 1. The zero-order valence-electron chi connectivity index (χ0n) is 16.3. The standard InChI is InChI=1S/C21H21ClN4O2S2/c1-29-9-8-15(20-24-13-4-2-3-5-14(13)25-20)23-19(27)11-18-21(28)26-16-10-12(22)6-7-17(16)30-18/h2-7,10,15,18H,8-9,11H2,1H3,(H,23,27)(H,24,25)(H,26,28)/t15-,18+/m1/s1. The first-order chi connectivity index (χ1) is 14.5. The molecule has 30 heavy (non-hydrogen) atoms. The van der Waals surface area contributed by atoms with Crippen molar-refractivity contribution in [1.82, 2.24) is 15.3 Å². The molecule has 0 spiro atoms. The Morgan fingerprint density at radius 1 is 1.33 bits per heavy atom. The van der Waals surface area contributed by atoms with E-state index in [1.807, 2.05) is 36.6 Å². The van der Waals surface area contributed by atoms with E-state index in [1.54, 1.807) is 23.9 Å². The fourth-order valence-electron chi connectivity index (χ4n) is 3.33. The average molecular weight is 461 g/mol. The van der Waals surface area contributed by atoms with Gasteiger partial charge in [-0.05, 0) is 48.8 Å². The van der Waals surface area contributed by atoms with E-state index >= 15 is 0 Å². The van der Waals surface area contributed by atoms with Crippen molar-refractivity contribution < 1.29 is 9.59 Å². The van der Waals surface area contributed by atoms with Crippen LogP contribution < -0.4 is 10.6 Å². The number of thioether (sulfide) groups is 2. The molecule has 3 N–H and O–H groups in total. The van der Waals surface area contributed by atoms with Crippen LogP contribution in [0.1, 0.15) is 24.7 Å². The van der Waals surface area contributed by atoms with E-state index in [0.717, 1.165) is 33.9 Å². The maximum Gasteiger partial charge on any atom is 0.238 e. The highest BCUT2D eigenvalue weighted by atomic mass is 35.5. The molecule has 2 aromatic carbocycles. The molecule has 0 bridgehead atoms. The zero-order chi connectivity index (χ0) is 21.1. The summed E-state index contributed by atoms with van der Waals surface area (Å²) in [6, 6.07) is 12.9. The molecule has 156 valence electrons. The predicted octanol–water partition coefficient (Wildman–Crippen LogP) is 4.63. The van der Waals surface area contributed by atoms with Crippen LogP contribution in [0.4, 0.5) is 5.69 Å². The van der Waals surface area contributed by atoms with E-state index in [9.17, 15) is 9.59 Å². The summed E-state index contributed by atoms with van der Waals surface area (Å²) in [5.74, 6) is 1.26. The van der Waals surface area contributed by atoms with Gasteiger partial charge in [0.2, 0.25) is 11.8 Å². The Balaban J connectivity index is 1.46. The molecule has 1 aliphatic heterocycles. The van der Waals surface area contributed by atoms with Crippen LogP contribution in [-0.2, 0) is 9.59 Å². The molecule has 1 aromatic heterocycles. The third-order valence-electron chi connectivity index (χ3n) is 4.82. The molecule has 6 nitrogen and oxygen atoms in total. The molecular weight excluding hydrogens is 440 g/mol. The number of anilines is 1. The van der Waals surface area contributed by atoms with Crippen molar-refractivity contribution in [3.63, 3.8) is 0 Å². The van der Waals surface area contributed by atoms with Gasteiger partial charge < -0.3 is 15.6 Å². The van der Waals surface area contributed by atoms with Crippen molar-refractivity contribution in [2.75, 3.05) is 17.3 Å². The number of hydrogen-bond acceptors (Lipinski definition) is 5. The molecule has 2 atom stereocenters. The molecule has 0 unspecified atom stereocenters. The highest BCUT2D eigenvalue weighted by Gasteiger charge is 2.30. The lowest BCUT2D eigenvalue weighted by molar-refractivity contribution is -0.124. The van der Waals surface area contributed by atoms with Crippen LogP contribution in [0.25, 0.3) is 11.0 Å². The van der Waals surface area contributed by atoms with Crippen molar-refractivity contribution in [1.29, 1.82) is 0 Å². The largest absolute Gasteiger partial charge is 0.346 e. The van der Waals surface area contributed by atoms with E-state index in [2.05, 4.69) is 20.6 Å². The third kappa shape index (κ3) is 4.77. The minimum Gasteiger partial charge on any atom is -0.346 e. The summed E-state index contributed by atoms with van der Waals surface area (Å²) < 4.78 is 0. The molecule has 0 saturated heterocycles. The first kappa shape index (κ1) is 21.1. The Bertz CT molecular complexity index is 1050. The van der Waals surface area contributed by atoms with Gasteiger partial charge in [-0.15, -0.1) is 11.8 Å². The number of nitrogens with one attached hydrogen (secondary N) is 3. The Kier molecular flexibility index (Phi) is 6.55. The molecule has 0 aliphatic carbocycles. The van der Waals surface area contributed by atoms with Crippen LogP contribution in [0.2, 0.25) is 5.02 Å². The lowest BCUT2D eigenvalue weighted by atomic mass is 10.2. The van der Waals surface area contributed by atoms with Crippen LogP contribution in [0.5, 0.6) is 0 Å². The molecule has 2 amide bonds. The van der Waals surface area contributed by atoms with Gasteiger partial charge in [0, 0.05) is 16.3 Å². The third-order valence-corrected chi connectivity index (χ3v) is 6.97. The lowest BCUT2D eigenvalue weighted by Gasteiger charge is -2.24. The van der Waals surface area contributed by atoms with Gasteiger partial charge in [0.15, 0.2) is 0 Å². The van der Waals surface area contributed by atoms with Crippen molar-refractivity contribution in [2.24, 2.45) is 0 Å². The molecule has 1 aliphatic rings. The highest BCUT2D eigenvalue weighted by Crippen LogP contribution is 2.38. The monoisotopic (exact) mass is 460 g/mol. The second kappa shape index (κ2) is 9.32. The molecule has 9 heteroatoms. The smallest absolute Gasteiger partial charge is 0.238 e. The van der Waals surface area contributed by atoms with Crippen molar-refractivity contribution in [3.05, 3.63) is 53.3 Å². The molecule has 0 saturated carbocycles. The van der Waals surface area contributed by atoms with Gasteiger partial charge in [-0.2, -0.15) is 11.8 Å². The number of aromatic amines is 1. The van der Waals surface area contributed by atoms with Gasteiger partial charge in [0.25, 0.3) is 0 Å². The summed E-state index contributed by atoms with van der Waals surface area (Å²) in [6.45, 7) is 0. The number of hydrogen-bond donors (Lipinski definition) is 3. The Hall–Kier alpha value is -2.16. The number of fused-ring (bicyclic) bond motifs is 2. The quantitative estimate of drug-likeness (QED) is 0.478. The second-order valence-electron chi connectivity index (χ2n) is 6.98. The van der Waals surface area contributed by atoms with Crippen LogP contribution in [0.3, 0.4) is 0 Å². The lowest BCUT2D eigenvalue weighted by Crippen LogP contribution is -2.36. The van der Waals surface area contributed by atoms with Gasteiger partial charge in [0.1, 0.15) is 5.82 Å². The van der Waals surface area contributed by atoms with Gasteiger partial charge >= 0.3 is 0 Å². The van der Waals surface area contributed by atoms with Crippen LogP contribution in [-0.4, -0.2) is 39.0 Å². The number of aromatic nitrogens is 2. The SMILES string of the molecule is CSCC[C@@H](NC(=O)C[C@@H]1Sc2ccc(Cl)cc2NC1=O)c1nc2ccccc2[nH]1. The van der Waals surface area contributed by atoms with Crippen molar-refractivity contribution in [2.45, 2.75) is 29.0 Å². The fourth-order valence-corrected chi connectivity index (χ4v) is 5.06. The topological polar surface area (TPSA) is 86.9 Å².